The average molecular weight is 652 g/mol. The maximum atomic E-state index is 14.0. The maximum Gasteiger partial charge on any atom is 0.305 e. The van der Waals surface area contributed by atoms with Gasteiger partial charge in [-0.2, -0.15) is 0 Å². The number of nitrogens with one attached hydrogen (secondary N) is 2. The van der Waals surface area contributed by atoms with Crippen LogP contribution in [0.4, 0.5) is 11.4 Å². The van der Waals surface area contributed by atoms with Gasteiger partial charge >= 0.3 is 4.87 Å². The van der Waals surface area contributed by atoms with E-state index in [0.29, 0.717) is 44.9 Å². The molecule has 4 aromatic carbocycles. The molecule has 2 unspecified atom stereocenters. The molecular weight excluding hydrogens is 623 g/mol. The fourth-order valence-electron chi connectivity index (χ4n) is 6.09. The van der Waals surface area contributed by atoms with Gasteiger partial charge in [-0.1, -0.05) is 83.3 Å². The van der Waals surface area contributed by atoms with Gasteiger partial charge in [0.1, 0.15) is 5.25 Å². The van der Waals surface area contributed by atoms with Gasteiger partial charge in [-0.15, -0.1) is 0 Å². The minimum Gasteiger partial charge on any atom is -0.490 e. The fourth-order valence-corrected chi connectivity index (χ4v) is 8.61. The van der Waals surface area contributed by atoms with E-state index in [0.717, 1.165) is 27.7 Å². The molecule has 2 N–H and O–H groups in total. The Bertz CT molecular complexity index is 2050. The number of imide groups is 1. The summed E-state index contributed by atoms with van der Waals surface area (Å²) in [5.41, 5.74) is 2.93. The Morgan fingerprint density at radius 1 is 0.913 bits per heavy atom. The van der Waals surface area contributed by atoms with Crippen molar-refractivity contribution in [1.29, 1.82) is 0 Å². The van der Waals surface area contributed by atoms with E-state index in [1.165, 1.54) is 16.7 Å². The summed E-state index contributed by atoms with van der Waals surface area (Å²) in [6.45, 7) is 3.86. The predicted molar refractivity (Wildman–Crippen MR) is 179 cm³/mol. The Labute approximate surface area is 272 Å². The molecule has 0 radical (unpaired) electrons. The molecule has 1 fully saturated rings. The van der Waals surface area contributed by atoms with Crippen molar-refractivity contribution in [2.24, 2.45) is 5.92 Å². The van der Waals surface area contributed by atoms with Crippen LogP contribution in [-0.4, -0.2) is 41.2 Å². The number of benzene rings is 4. The van der Waals surface area contributed by atoms with Gasteiger partial charge in [-0.05, 0) is 55.1 Å². The zero-order valence-corrected chi connectivity index (χ0v) is 26.6. The number of carbonyl (C=O) groups is 3. The number of nitrogens with zero attached hydrogens (tertiary/aromatic N) is 1. The van der Waals surface area contributed by atoms with Gasteiger partial charge in [0.25, 0.3) is 5.91 Å². The van der Waals surface area contributed by atoms with E-state index in [9.17, 15) is 19.2 Å². The second kappa shape index (κ2) is 12.1. The quantitative estimate of drug-likeness (QED) is 0.195. The molecule has 0 saturated carbocycles. The minimum atomic E-state index is -0.731. The molecule has 0 aliphatic carbocycles. The number of aromatic amines is 1. The average Bonchev–Trinajstić information content (AvgIpc) is 3.55. The molecule has 3 amide bonds. The molecule has 9 nitrogen and oxygen atoms in total. The van der Waals surface area contributed by atoms with Crippen molar-refractivity contribution in [2.75, 3.05) is 23.4 Å². The van der Waals surface area contributed by atoms with Crippen molar-refractivity contribution in [3.8, 4) is 11.5 Å². The predicted octanol–water partition coefficient (Wildman–Crippen LogP) is 6.11. The summed E-state index contributed by atoms with van der Waals surface area (Å²) in [4.78, 5) is 57.8. The SMILES string of the molecule is CCOc1cc([C@H]2c3sc(=O)[nH]c3SC3C(=O)N(c4ccc(C)cc4)C(=O)C32)ccc1OCC(=O)Nc1cccc2ccccc12. The molecule has 0 bridgehead atoms. The first-order valence-corrected chi connectivity index (χ1v) is 16.5. The van der Waals surface area contributed by atoms with Crippen molar-refractivity contribution in [3.63, 3.8) is 0 Å². The molecular formula is C35H29N3O6S2. The van der Waals surface area contributed by atoms with Crippen LogP contribution in [0.25, 0.3) is 10.8 Å². The number of anilines is 2. The van der Waals surface area contributed by atoms with Gasteiger partial charge < -0.3 is 19.8 Å². The summed E-state index contributed by atoms with van der Waals surface area (Å²) in [5.74, 6) is -1.50. The largest absolute Gasteiger partial charge is 0.490 e. The molecule has 5 aromatic rings. The molecule has 2 aliphatic heterocycles. The number of carbonyl (C=O) groups excluding carboxylic acids is 3. The van der Waals surface area contributed by atoms with E-state index in [2.05, 4.69) is 10.3 Å². The van der Waals surface area contributed by atoms with E-state index >= 15 is 0 Å². The van der Waals surface area contributed by atoms with Crippen molar-refractivity contribution < 1.29 is 23.9 Å². The number of amides is 3. The van der Waals surface area contributed by atoms with Crippen LogP contribution in [0.5, 0.6) is 11.5 Å². The first-order chi connectivity index (χ1) is 22.3. The van der Waals surface area contributed by atoms with E-state index in [-0.39, 0.29) is 29.2 Å². The fraction of sp³-hybridized carbons (Fsp3) is 0.200. The van der Waals surface area contributed by atoms with Gasteiger partial charge in [0.2, 0.25) is 11.8 Å². The van der Waals surface area contributed by atoms with E-state index in [4.69, 9.17) is 9.47 Å². The number of hydrogen-bond donors (Lipinski definition) is 2. The van der Waals surface area contributed by atoms with Crippen LogP contribution >= 0.6 is 23.1 Å². The topological polar surface area (TPSA) is 118 Å². The monoisotopic (exact) mass is 651 g/mol. The summed E-state index contributed by atoms with van der Waals surface area (Å²) >= 11 is 2.28. The number of aryl methyl sites for hydroxylation is 1. The maximum absolute atomic E-state index is 14.0. The summed E-state index contributed by atoms with van der Waals surface area (Å²) in [6, 6.07) is 26.1. The molecule has 3 heterocycles. The molecule has 3 atom stereocenters. The summed E-state index contributed by atoms with van der Waals surface area (Å²) < 4.78 is 11.9. The molecule has 46 heavy (non-hydrogen) atoms. The molecule has 7 rings (SSSR count). The van der Waals surface area contributed by atoms with Crippen molar-refractivity contribution >= 4 is 63.0 Å². The molecule has 2 aliphatic rings. The number of fused-ring (bicyclic) bond motifs is 3. The van der Waals surface area contributed by atoms with Crippen molar-refractivity contribution in [3.05, 3.63) is 111 Å². The lowest BCUT2D eigenvalue weighted by atomic mass is 9.83. The Morgan fingerprint density at radius 3 is 2.50 bits per heavy atom. The zero-order chi connectivity index (χ0) is 31.9. The molecule has 0 spiro atoms. The Hall–Kier alpha value is -4.87. The highest BCUT2D eigenvalue weighted by Gasteiger charge is 2.56. The summed E-state index contributed by atoms with van der Waals surface area (Å²) in [5, 5.41) is 4.75. The third-order valence-electron chi connectivity index (χ3n) is 8.17. The Balaban J connectivity index is 1.18. The highest BCUT2D eigenvalue weighted by Crippen LogP contribution is 2.53. The van der Waals surface area contributed by atoms with Crippen molar-refractivity contribution in [2.45, 2.75) is 30.0 Å². The molecule has 1 aromatic heterocycles. The lowest BCUT2D eigenvalue weighted by Gasteiger charge is -2.30. The first-order valence-electron chi connectivity index (χ1n) is 14.8. The normalized spacial score (nSPS) is 18.7. The Morgan fingerprint density at radius 2 is 1.70 bits per heavy atom. The van der Waals surface area contributed by atoms with Gasteiger partial charge in [0.05, 0.1) is 23.2 Å². The second-order valence-electron chi connectivity index (χ2n) is 11.1. The van der Waals surface area contributed by atoms with Crippen LogP contribution in [0.15, 0.2) is 94.7 Å². The van der Waals surface area contributed by atoms with E-state index < -0.39 is 17.1 Å². The highest BCUT2D eigenvalue weighted by molar-refractivity contribution is 8.00. The van der Waals surface area contributed by atoms with Gasteiger partial charge in [-0.3, -0.25) is 19.2 Å². The van der Waals surface area contributed by atoms with E-state index in [1.807, 2.05) is 68.4 Å². The molecule has 232 valence electrons. The Kier molecular flexibility index (Phi) is 7.87. The summed E-state index contributed by atoms with van der Waals surface area (Å²) in [7, 11) is 0. The minimum absolute atomic E-state index is 0.250. The zero-order valence-electron chi connectivity index (χ0n) is 24.9. The second-order valence-corrected chi connectivity index (χ2v) is 13.3. The third kappa shape index (κ3) is 5.35. The van der Waals surface area contributed by atoms with Crippen LogP contribution in [0.1, 0.15) is 28.8 Å². The highest BCUT2D eigenvalue weighted by atomic mass is 32.2. The number of hydrogen-bond acceptors (Lipinski definition) is 8. The first kappa shape index (κ1) is 29.8. The standard InChI is InChI=1S/C35H29N3O6S2/c1-3-43-26-17-21(13-16-25(26)44-18-27(39)36-24-10-6-8-20-7-4-5-9-23(20)24)28-29-31(45-32-30(28)46-35(42)37-32)34(41)38(33(29)40)22-14-11-19(2)12-15-22/h4-17,28-29,31H,3,18H2,1-2H3,(H,36,39)(H,37,42)/t28-,29?,31?/m1/s1. The van der Waals surface area contributed by atoms with Crippen LogP contribution < -0.4 is 24.6 Å². The van der Waals surface area contributed by atoms with E-state index in [1.54, 1.807) is 30.3 Å². The van der Waals surface area contributed by atoms with Crippen LogP contribution in [-0.2, 0) is 14.4 Å². The number of thioether (sulfide) groups is 1. The lowest BCUT2D eigenvalue weighted by Crippen LogP contribution is -2.32. The van der Waals surface area contributed by atoms with Crippen LogP contribution in [0.2, 0.25) is 0 Å². The number of H-pyrrole nitrogens is 1. The number of rotatable bonds is 8. The number of aromatic nitrogens is 1. The third-order valence-corrected chi connectivity index (χ3v) is 10.6. The van der Waals surface area contributed by atoms with Crippen LogP contribution in [0, 0.1) is 12.8 Å². The molecule has 11 heteroatoms. The van der Waals surface area contributed by atoms with Gasteiger partial charge in [0.15, 0.2) is 18.1 Å². The van der Waals surface area contributed by atoms with Crippen molar-refractivity contribution in [1.82, 2.24) is 4.98 Å². The van der Waals surface area contributed by atoms with Gasteiger partial charge in [0, 0.05) is 21.9 Å². The number of ether oxygens (including phenoxy) is 2. The number of thiazole rings is 1. The molecule has 1 saturated heterocycles. The summed E-state index contributed by atoms with van der Waals surface area (Å²) in [6.07, 6.45) is 0. The van der Waals surface area contributed by atoms with Gasteiger partial charge in [-0.25, -0.2) is 4.90 Å². The lowest BCUT2D eigenvalue weighted by molar-refractivity contribution is -0.122. The smallest absolute Gasteiger partial charge is 0.305 e. The van der Waals surface area contributed by atoms with Crippen LogP contribution in [0.3, 0.4) is 0 Å².